The van der Waals surface area contributed by atoms with Crippen LogP contribution in [0.15, 0.2) is 88.2 Å². The number of fused-ring (bicyclic) bond motifs is 1. The summed E-state index contributed by atoms with van der Waals surface area (Å²) in [5, 5.41) is 12.8. The molecule has 1 N–H and O–H groups in total. The summed E-state index contributed by atoms with van der Waals surface area (Å²) < 4.78 is 38.3. The number of aryl methyl sites for hydroxylation is 1. The lowest BCUT2D eigenvalue weighted by molar-refractivity contribution is -0.122. The fraction of sp³-hybridized carbons (Fsp3) is 0.380. The molecule has 6 rings (SSSR count). The molecule has 11 nitrogen and oxygen atoms in total. The van der Waals surface area contributed by atoms with E-state index in [0.717, 1.165) is 38.5 Å². The number of nitriles is 1. The Morgan fingerprint density at radius 3 is 2.22 bits per heavy atom. The number of halogens is 3. The van der Waals surface area contributed by atoms with Gasteiger partial charge < -0.3 is 14.5 Å². The zero-order valence-corrected chi connectivity index (χ0v) is 39.7. The third-order valence-corrected chi connectivity index (χ3v) is 14.4. The van der Waals surface area contributed by atoms with Gasteiger partial charge in [0.05, 0.1) is 31.4 Å². The number of aromatic nitrogens is 1. The van der Waals surface area contributed by atoms with Crippen molar-refractivity contribution < 1.29 is 32.0 Å². The van der Waals surface area contributed by atoms with E-state index in [1.54, 1.807) is 36.4 Å². The number of sulfone groups is 1. The average Bonchev–Trinajstić information content (AvgIpc) is 3.98. The Kier molecular flexibility index (Phi) is 17.7. The molecule has 65 heavy (non-hydrogen) atoms. The van der Waals surface area contributed by atoms with E-state index in [1.165, 1.54) is 73.4 Å². The second-order valence-corrected chi connectivity index (χ2v) is 19.7. The van der Waals surface area contributed by atoms with Crippen LogP contribution in [0.2, 0.25) is 15.1 Å². The Morgan fingerprint density at radius 2 is 1.57 bits per heavy atom. The number of anilines is 2. The predicted molar refractivity (Wildman–Crippen MR) is 258 cm³/mol. The number of amides is 2. The van der Waals surface area contributed by atoms with E-state index in [0.29, 0.717) is 47.2 Å². The largest absolute Gasteiger partial charge is 0.435 e. The summed E-state index contributed by atoms with van der Waals surface area (Å²) in [6.07, 6.45) is 12.4. The summed E-state index contributed by atoms with van der Waals surface area (Å²) in [5.74, 6) is -1.78. The SMILES string of the molecule is CCCCCCCCCCCCS(=O)(=O)c1ccc(NC(=O)C(OC(=O)N(c2ccc(/C=C(\C#N)c3nc4ccccc4o3)c(C)c2)C2CCCC2)C(=O)c2ccc(Cl)c(Cl)c2)c(Cl)c1. The minimum Gasteiger partial charge on any atom is -0.435 e. The lowest BCUT2D eigenvalue weighted by atomic mass is 10.0. The predicted octanol–water partition coefficient (Wildman–Crippen LogP) is 13.6. The molecular formula is C50H53Cl3N4O7S. The number of ketones is 1. The van der Waals surface area contributed by atoms with Crippen molar-refractivity contribution in [1.82, 2.24) is 4.98 Å². The maximum atomic E-state index is 14.4. The van der Waals surface area contributed by atoms with Crippen LogP contribution >= 0.6 is 34.8 Å². The smallest absolute Gasteiger partial charge is 0.415 e. The highest BCUT2D eigenvalue weighted by molar-refractivity contribution is 7.91. The van der Waals surface area contributed by atoms with Crippen molar-refractivity contribution in [1.29, 1.82) is 5.26 Å². The number of hydrogen-bond donors (Lipinski definition) is 1. The third kappa shape index (κ3) is 13.0. The van der Waals surface area contributed by atoms with Gasteiger partial charge >= 0.3 is 6.09 Å². The van der Waals surface area contributed by atoms with Gasteiger partial charge in [0.1, 0.15) is 17.2 Å². The third-order valence-electron chi connectivity index (χ3n) is 11.6. The van der Waals surface area contributed by atoms with E-state index in [4.69, 9.17) is 44.0 Å². The molecule has 1 saturated carbocycles. The highest BCUT2D eigenvalue weighted by Gasteiger charge is 2.37. The fourth-order valence-corrected chi connectivity index (χ4v) is 9.94. The second kappa shape index (κ2) is 23.3. The van der Waals surface area contributed by atoms with Crippen molar-refractivity contribution in [2.45, 2.75) is 121 Å². The molecule has 0 spiro atoms. The maximum absolute atomic E-state index is 14.4. The Morgan fingerprint density at radius 1 is 0.877 bits per heavy atom. The molecule has 15 heteroatoms. The van der Waals surface area contributed by atoms with Gasteiger partial charge in [-0.15, -0.1) is 0 Å². The Bertz CT molecular complexity index is 2660. The number of rotatable bonds is 21. The van der Waals surface area contributed by atoms with Crippen LogP contribution in [0.25, 0.3) is 22.7 Å². The Balaban J connectivity index is 1.20. The molecular weight excluding hydrogens is 907 g/mol. The summed E-state index contributed by atoms with van der Waals surface area (Å²) in [4.78, 5) is 48.6. The minimum atomic E-state index is -3.67. The molecule has 1 fully saturated rings. The molecule has 1 aliphatic carbocycles. The number of para-hydroxylation sites is 2. The molecule has 0 radical (unpaired) electrons. The highest BCUT2D eigenvalue weighted by atomic mass is 35.5. The van der Waals surface area contributed by atoms with E-state index < -0.39 is 33.7 Å². The molecule has 0 aliphatic heterocycles. The van der Waals surface area contributed by atoms with Crippen LogP contribution < -0.4 is 10.2 Å². The Hall–Kier alpha value is -5.19. The van der Waals surface area contributed by atoms with E-state index in [-0.39, 0.29) is 54.5 Å². The monoisotopic (exact) mass is 958 g/mol. The van der Waals surface area contributed by atoms with Gasteiger partial charge in [-0.1, -0.05) is 131 Å². The van der Waals surface area contributed by atoms with Crippen LogP contribution in [0.1, 0.15) is 124 Å². The molecule has 1 unspecified atom stereocenters. The number of carbonyl (C=O) groups is 3. The van der Waals surface area contributed by atoms with Crippen molar-refractivity contribution in [2.75, 3.05) is 16.0 Å². The van der Waals surface area contributed by atoms with Gasteiger partial charge in [0, 0.05) is 17.3 Å². The molecule has 2 amide bonds. The molecule has 5 aromatic rings. The summed E-state index contributed by atoms with van der Waals surface area (Å²) in [6.45, 7) is 4.03. The van der Waals surface area contributed by atoms with Gasteiger partial charge in [-0.05, 0) is 104 Å². The number of oxazole rings is 1. The van der Waals surface area contributed by atoms with Crippen LogP contribution in [0.3, 0.4) is 0 Å². The first-order valence-electron chi connectivity index (χ1n) is 22.2. The van der Waals surface area contributed by atoms with Gasteiger partial charge in [0.25, 0.3) is 5.91 Å². The number of unbranched alkanes of at least 4 members (excludes halogenated alkanes) is 9. The first-order chi connectivity index (χ1) is 31.3. The highest BCUT2D eigenvalue weighted by Crippen LogP contribution is 2.33. The van der Waals surface area contributed by atoms with Gasteiger partial charge in [-0.25, -0.2) is 18.2 Å². The molecule has 0 bridgehead atoms. The molecule has 1 atom stereocenters. The molecule has 0 saturated heterocycles. The topological polar surface area (TPSA) is 160 Å². The Labute approximate surface area is 396 Å². The molecule has 1 aliphatic rings. The summed E-state index contributed by atoms with van der Waals surface area (Å²) in [5.41, 5.74) is 3.19. The van der Waals surface area contributed by atoms with Gasteiger partial charge in [0.2, 0.25) is 17.8 Å². The molecule has 342 valence electrons. The molecule has 1 aromatic heterocycles. The number of hydrogen-bond acceptors (Lipinski definition) is 9. The number of carbonyl (C=O) groups excluding carboxylic acids is 3. The second-order valence-electron chi connectivity index (χ2n) is 16.4. The maximum Gasteiger partial charge on any atom is 0.415 e. The van der Waals surface area contributed by atoms with Crippen LogP contribution in [0, 0.1) is 18.3 Å². The number of allylic oxidation sites excluding steroid dienone is 1. The van der Waals surface area contributed by atoms with Crippen molar-refractivity contribution in [2.24, 2.45) is 0 Å². The van der Waals surface area contributed by atoms with Crippen LogP contribution in [-0.2, 0) is 19.4 Å². The van der Waals surface area contributed by atoms with Gasteiger partial charge in [-0.3, -0.25) is 14.5 Å². The van der Waals surface area contributed by atoms with Crippen LogP contribution in [0.5, 0.6) is 0 Å². The summed E-state index contributed by atoms with van der Waals surface area (Å²) in [7, 11) is -3.67. The fourth-order valence-electron chi connectivity index (χ4n) is 7.95. The van der Waals surface area contributed by atoms with E-state index >= 15 is 0 Å². The lowest BCUT2D eigenvalue weighted by Gasteiger charge is -2.30. The van der Waals surface area contributed by atoms with Crippen LogP contribution in [-0.4, -0.2) is 49.1 Å². The zero-order chi connectivity index (χ0) is 46.5. The van der Waals surface area contributed by atoms with Crippen molar-refractivity contribution in [3.05, 3.63) is 117 Å². The number of benzene rings is 4. The summed E-state index contributed by atoms with van der Waals surface area (Å²) in [6, 6.07) is 22.3. The average molecular weight is 960 g/mol. The quantitative estimate of drug-likeness (QED) is 0.0327. The number of nitrogens with one attached hydrogen (secondary N) is 1. The number of ether oxygens (including phenoxy) is 1. The minimum absolute atomic E-state index is 0.00494. The summed E-state index contributed by atoms with van der Waals surface area (Å²) >= 11 is 19.0. The lowest BCUT2D eigenvalue weighted by Crippen LogP contribution is -2.46. The molecule has 4 aromatic carbocycles. The standard InChI is InChI=1S/C50H53Cl3N4O7S/c1-3-4-5-6-7-8-9-10-11-16-27-65(61,62)39-24-26-43(42(53)31-39)55-48(59)47(46(58)35-22-25-40(51)41(52)30-35)64-50(60)57(37-17-12-13-18-37)38-23-21-34(33(2)28-38)29-36(32-54)49-56-44-19-14-15-20-45(44)63-49/h14-15,19-26,28-31,37,47H,3-13,16-18,27H2,1-2H3,(H,55,59)/b36-29+. The van der Waals surface area contributed by atoms with Crippen molar-refractivity contribution in [3.63, 3.8) is 0 Å². The number of nitrogens with zero attached hydrogens (tertiary/aromatic N) is 3. The van der Waals surface area contributed by atoms with Gasteiger partial charge in [0.15, 0.2) is 15.4 Å². The van der Waals surface area contributed by atoms with E-state index in [9.17, 15) is 28.1 Å². The van der Waals surface area contributed by atoms with E-state index in [1.807, 2.05) is 19.1 Å². The first-order valence-corrected chi connectivity index (χ1v) is 25.0. The van der Waals surface area contributed by atoms with Crippen molar-refractivity contribution >= 4 is 96.5 Å². The number of Topliss-reactive ketones (excluding diaryl/α,β-unsaturated/α-hetero) is 1. The molecule has 1 heterocycles. The van der Waals surface area contributed by atoms with Crippen molar-refractivity contribution in [3.8, 4) is 6.07 Å². The van der Waals surface area contributed by atoms with E-state index in [2.05, 4.69) is 23.3 Å². The normalized spacial score (nSPS) is 13.7. The first kappa shape index (κ1) is 49.2. The van der Waals surface area contributed by atoms with Gasteiger partial charge in [-0.2, -0.15) is 5.26 Å². The van der Waals surface area contributed by atoms with Crippen LogP contribution in [0.4, 0.5) is 16.2 Å². The zero-order valence-electron chi connectivity index (χ0n) is 36.6.